The van der Waals surface area contributed by atoms with Crippen molar-refractivity contribution in [2.24, 2.45) is 10.2 Å². The Balaban J connectivity index is 2.09. The highest BCUT2D eigenvalue weighted by Crippen LogP contribution is 2.23. The van der Waals surface area contributed by atoms with Gasteiger partial charge in [-0.2, -0.15) is 10.2 Å². The SMILES string of the molecule is O=C([O-])CNC(=O)c1ccc(N=Nc2ccc([O-])c(C(=O)O)c2)cc1. The minimum absolute atomic E-state index is 0.188. The molecule has 0 bridgehead atoms. The lowest BCUT2D eigenvalue weighted by Crippen LogP contribution is -2.37. The maximum absolute atomic E-state index is 11.6. The molecular formula is C16H11N3O6-2. The summed E-state index contributed by atoms with van der Waals surface area (Å²) in [6.07, 6.45) is 0. The van der Waals surface area contributed by atoms with Gasteiger partial charge in [-0.15, -0.1) is 0 Å². The lowest BCUT2D eigenvalue weighted by atomic mass is 10.2. The van der Waals surface area contributed by atoms with Crippen molar-refractivity contribution in [3.05, 3.63) is 53.6 Å². The number of carboxylic acid groups (broad SMARTS) is 2. The third-order valence-corrected chi connectivity index (χ3v) is 3.00. The second kappa shape index (κ2) is 7.68. The van der Waals surface area contributed by atoms with Crippen LogP contribution in [0.25, 0.3) is 0 Å². The number of nitrogens with one attached hydrogen (secondary N) is 1. The molecule has 128 valence electrons. The first-order chi connectivity index (χ1) is 11.9. The standard InChI is InChI=1S/C16H13N3O6/c20-13-6-5-11(7-12(13)16(24)25)19-18-10-3-1-9(2-4-10)15(23)17-8-14(21)22/h1-7,20H,8H2,(H,17,23)(H,21,22)(H,24,25)/p-2. The Morgan fingerprint density at radius 2 is 1.60 bits per heavy atom. The highest BCUT2D eigenvalue weighted by molar-refractivity contribution is 5.95. The molecule has 0 fully saturated rings. The first kappa shape index (κ1) is 17.6. The van der Waals surface area contributed by atoms with Gasteiger partial charge in [0.2, 0.25) is 0 Å². The number of carbonyl (C=O) groups is 3. The Labute approximate surface area is 141 Å². The second-order valence-electron chi connectivity index (χ2n) is 4.79. The number of benzene rings is 2. The Morgan fingerprint density at radius 3 is 2.20 bits per heavy atom. The average molecular weight is 341 g/mol. The molecule has 0 heterocycles. The molecule has 2 rings (SSSR count). The van der Waals surface area contributed by atoms with E-state index in [0.29, 0.717) is 5.69 Å². The molecule has 0 unspecified atom stereocenters. The van der Waals surface area contributed by atoms with Crippen LogP contribution in [0.1, 0.15) is 20.7 Å². The van der Waals surface area contributed by atoms with E-state index in [2.05, 4.69) is 15.5 Å². The molecule has 0 spiro atoms. The predicted molar refractivity (Wildman–Crippen MR) is 80.8 cm³/mol. The van der Waals surface area contributed by atoms with Gasteiger partial charge in [0.05, 0.1) is 29.5 Å². The largest absolute Gasteiger partial charge is 0.872 e. The van der Waals surface area contributed by atoms with E-state index in [9.17, 15) is 24.6 Å². The number of hydrogen-bond donors (Lipinski definition) is 2. The van der Waals surface area contributed by atoms with Gasteiger partial charge in [0.15, 0.2) is 0 Å². The molecule has 0 aliphatic carbocycles. The molecule has 0 radical (unpaired) electrons. The van der Waals surface area contributed by atoms with Crippen LogP contribution < -0.4 is 15.5 Å². The zero-order valence-electron chi connectivity index (χ0n) is 12.6. The van der Waals surface area contributed by atoms with Gasteiger partial charge in [-0.05, 0) is 36.4 Å². The van der Waals surface area contributed by atoms with Crippen molar-refractivity contribution in [3.8, 4) is 5.75 Å². The highest BCUT2D eigenvalue weighted by Gasteiger charge is 2.06. The highest BCUT2D eigenvalue weighted by atomic mass is 16.4. The van der Waals surface area contributed by atoms with E-state index < -0.39 is 35.7 Å². The molecule has 2 aromatic rings. The molecule has 9 nitrogen and oxygen atoms in total. The van der Waals surface area contributed by atoms with Crippen molar-refractivity contribution in [3.63, 3.8) is 0 Å². The number of rotatable bonds is 6. The van der Waals surface area contributed by atoms with E-state index in [4.69, 9.17) is 5.11 Å². The van der Waals surface area contributed by atoms with Crippen molar-refractivity contribution >= 4 is 29.2 Å². The first-order valence-corrected chi connectivity index (χ1v) is 6.91. The summed E-state index contributed by atoms with van der Waals surface area (Å²) in [6.45, 7) is -0.595. The van der Waals surface area contributed by atoms with Crippen LogP contribution >= 0.6 is 0 Å². The molecule has 9 heteroatoms. The van der Waals surface area contributed by atoms with Gasteiger partial charge in [-0.1, -0.05) is 11.8 Å². The fourth-order valence-electron chi connectivity index (χ4n) is 1.80. The number of nitrogens with zero attached hydrogens (tertiary/aromatic N) is 2. The van der Waals surface area contributed by atoms with Crippen molar-refractivity contribution in [2.45, 2.75) is 0 Å². The smallest absolute Gasteiger partial charge is 0.335 e. The molecule has 2 N–H and O–H groups in total. The van der Waals surface area contributed by atoms with Crippen LogP contribution in [0.15, 0.2) is 52.7 Å². The Bertz CT molecular complexity index is 845. The van der Waals surface area contributed by atoms with Crippen LogP contribution in [-0.2, 0) is 4.79 Å². The fourth-order valence-corrected chi connectivity index (χ4v) is 1.80. The molecule has 0 aliphatic heterocycles. The van der Waals surface area contributed by atoms with Crippen molar-refractivity contribution in [1.82, 2.24) is 5.32 Å². The van der Waals surface area contributed by atoms with Gasteiger partial charge in [0.25, 0.3) is 5.91 Å². The Hall–Kier alpha value is -3.75. The summed E-state index contributed by atoms with van der Waals surface area (Å²) in [5, 5.41) is 40.4. The quantitative estimate of drug-likeness (QED) is 0.723. The normalized spacial score (nSPS) is 10.6. The number of azo groups is 1. The van der Waals surface area contributed by atoms with E-state index >= 15 is 0 Å². The summed E-state index contributed by atoms with van der Waals surface area (Å²) in [6, 6.07) is 9.30. The van der Waals surface area contributed by atoms with Crippen molar-refractivity contribution in [2.75, 3.05) is 6.54 Å². The molecule has 1 amide bonds. The van der Waals surface area contributed by atoms with Crippen molar-refractivity contribution < 1.29 is 29.7 Å². The topological polar surface area (TPSA) is 154 Å². The molecule has 0 saturated carbocycles. The first-order valence-electron chi connectivity index (χ1n) is 6.91. The molecule has 0 aliphatic rings. The van der Waals surface area contributed by atoms with Gasteiger partial charge in [-0.25, -0.2) is 4.79 Å². The average Bonchev–Trinajstić information content (AvgIpc) is 2.59. The summed E-state index contributed by atoms with van der Waals surface area (Å²) >= 11 is 0. The number of carbonyl (C=O) groups excluding carboxylic acids is 2. The van der Waals surface area contributed by atoms with Gasteiger partial charge >= 0.3 is 5.97 Å². The third-order valence-electron chi connectivity index (χ3n) is 3.00. The summed E-state index contributed by atoms with van der Waals surface area (Å²) in [4.78, 5) is 32.8. The van der Waals surface area contributed by atoms with Gasteiger partial charge in [-0.3, -0.25) is 4.79 Å². The maximum Gasteiger partial charge on any atom is 0.335 e. The number of hydrogen-bond acceptors (Lipinski definition) is 7. The second-order valence-corrected chi connectivity index (χ2v) is 4.79. The molecular weight excluding hydrogens is 330 g/mol. The third kappa shape index (κ3) is 4.86. The van der Waals surface area contributed by atoms with E-state index in [1.165, 1.54) is 30.3 Å². The van der Waals surface area contributed by atoms with Crippen LogP contribution in [0.5, 0.6) is 5.75 Å². The lowest BCUT2D eigenvalue weighted by Gasteiger charge is -2.09. The van der Waals surface area contributed by atoms with Gasteiger partial charge < -0.3 is 25.4 Å². The van der Waals surface area contributed by atoms with E-state index in [-0.39, 0.29) is 11.3 Å². The number of aliphatic carboxylic acids is 1. The van der Waals surface area contributed by atoms with E-state index in [1.807, 2.05) is 0 Å². The fraction of sp³-hybridized carbons (Fsp3) is 0.0625. The van der Waals surface area contributed by atoms with Crippen LogP contribution in [-0.4, -0.2) is 29.5 Å². The van der Waals surface area contributed by atoms with Crippen LogP contribution in [0.3, 0.4) is 0 Å². The molecule has 0 saturated heterocycles. The Morgan fingerprint density at radius 1 is 1.00 bits per heavy atom. The van der Waals surface area contributed by atoms with Crippen LogP contribution in [0.2, 0.25) is 0 Å². The zero-order valence-corrected chi connectivity index (χ0v) is 12.6. The summed E-state index contributed by atoms with van der Waals surface area (Å²) in [5.74, 6) is -3.96. The molecule has 2 aromatic carbocycles. The molecule has 0 atom stereocenters. The van der Waals surface area contributed by atoms with Crippen molar-refractivity contribution in [1.29, 1.82) is 0 Å². The Kier molecular flexibility index (Phi) is 5.41. The summed E-state index contributed by atoms with van der Waals surface area (Å²) in [5.41, 5.74) is 0.382. The lowest BCUT2D eigenvalue weighted by molar-refractivity contribution is -0.303. The summed E-state index contributed by atoms with van der Waals surface area (Å²) in [7, 11) is 0. The number of aromatic carboxylic acids is 1. The van der Waals surface area contributed by atoms with E-state index in [1.54, 1.807) is 0 Å². The van der Waals surface area contributed by atoms with Gasteiger partial charge in [0, 0.05) is 5.56 Å². The monoisotopic (exact) mass is 341 g/mol. The summed E-state index contributed by atoms with van der Waals surface area (Å²) < 4.78 is 0. The zero-order chi connectivity index (χ0) is 18.4. The molecule has 0 aromatic heterocycles. The van der Waals surface area contributed by atoms with Crippen LogP contribution in [0, 0.1) is 0 Å². The maximum atomic E-state index is 11.6. The minimum atomic E-state index is -1.40. The van der Waals surface area contributed by atoms with E-state index in [0.717, 1.165) is 12.1 Å². The molecule has 25 heavy (non-hydrogen) atoms. The minimum Gasteiger partial charge on any atom is -0.872 e. The predicted octanol–water partition coefficient (Wildman–Crippen LogP) is 0.354. The van der Waals surface area contributed by atoms with Crippen LogP contribution in [0.4, 0.5) is 11.4 Å². The number of amides is 1. The van der Waals surface area contributed by atoms with Gasteiger partial charge in [0.1, 0.15) is 0 Å². The number of carboxylic acids is 2.